The summed E-state index contributed by atoms with van der Waals surface area (Å²) >= 11 is 0. The van der Waals surface area contributed by atoms with Gasteiger partial charge in [-0.2, -0.15) is 10.2 Å². The van der Waals surface area contributed by atoms with Gasteiger partial charge in [0.05, 0.1) is 30.3 Å². The first-order valence-corrected chi connectivity index (χ1v) is 14.6. The zero-order chi connectivity index (χ0) is 30.4. The number of esters is 1. The second-order valence-corrected chi connectivity index (χ2v) is 10.5. The fraction of sp³-hybridized carbons (Fsp3) is 0.294. The Hall–Kier alpha value is -3.96. The smallest absolute Gasteiger partial charge is 0.340 e. The number of anilines is 2. The van der Waals surface area contributed by atoms with Crippen molar-refractivity contribution < 1.29 is 52.6 Å². The first kappa shape index (κ1) is 37.2. The molecule has 4 rings (SSSR count). The van der Waals surface area contributed by atoms with Crippen molar-refractivity contribution in [1.29, 1.82) is 0 Å². The molecule has 238 valence electrons. The monoisotopic (exact) mass is 737 g/mol. The molecular formula is C34H41Br2N7O2. The summed E-state index contributed by atoms with van der Waals surface area (Å²) in [6.07, 6.45) is 14.8. The van der Waals surface area contributed by atoms with Gasteiger partial charge in [-0.25, -0.2) is 13.9 Å². The van der Waals surface area contributed by atoms with Crippen molar-refractivity contribution in [2.75, 3.05) is 38.2 Å². The lowest BCUT2D eigenvalue weighted by atomic mass is 10.1. The summed E-state index contributed by atoms with van der Waals surface area (Å²) in [7, 11) is 7.15. The Labute approximate surface area is 287 Å². The Morgan fingerprint density at radius 1 is 0.756 bits per heavy atom. The van der Waals surface area contributed by atoms with Crippen LogP contribution in [-0.2, 0) is 17.8 Å². The number of hydrazone groups is 1. The summed E-state index contributed by atoms with van der Waals surface area (Å²) in [5.41, 5.74) is 4.61. The summed E-state index contributed by atoms with van der Waals surface area (Å²) in [6.45, 7) is 1.96. The highest BCUT2D eigenvalue weighted by molar-refractivity contribution is 5.96. The van der Waals surface area contributed by atoms with E-state index in [-0.39, 0.29) is 34.0 Å². The fourth-order valence-corrected chi connectivity index (χ4v) is 4.45. The Balaban J connectivity index is 0.00000353. The summed E-state index contributed by atoms with van der Waals surface area (Å²) < 4.78 is 9.31. The minimum atomic E-state index is -0.437. The van der Waals surface area contributed by atoms with E-state index < -0.39 is 5.97 Å². The molecule has 0 saturated carbocycles. The minimum absolute atomic E-state index is 0. The van der Waals surface area contributed by atoms with Crippen molar-refractivity contribution in [2.24, 2.45) is 15.3 Å². The van der Waals surface area contributed by atoms with Crippen molar-refractivity contribution in [3.63, 3.8) is 0 Å². The van der Waals surface area contributed by atoms with E-state index in [4.69, 9.17) is 4.74 Å². The first-order chi connectivity index (χ1) is 20.9. The number of ether oxygens (including phenoxy) is 1. The second-order valence-electron chi connectivity index (χ2n) is 10.5. The van der Waals surface area contributed by atoms with Crippen LogP contribution in [0.2, 0.25) is 0 Å². The summed E-state index contributed by atoms with van der Waals surface area (Å²) in [6, 6.07) is 23.6. The predicted octanol–water partition coefficient (Wildman–Crippen LogP) is 0.269. The van der Waals surface area contributed by atoms with Crippen LogP contribution in [0.15, 0.2) is 113 Å². The molecular weight excluding hydrogens is 698 g/mol. The van der Waals surface area contributed by atoms with Crippen LogP contribution in [0, 0.1) is 0 Å². The lowest BCUT2D eigenvalue weighted by molar-refractivity contribution is -0.698. The third kappa shape index (κ3) is 11.8. The Morgan fingerprint density at radius 3 is 1.93 bits per heavy atom. The molecule has 0 unspecified atom stereocenters. The average molecular weight is 740 g/mol. The Morgan fingerprint density at radius 2 is 1.36 bits per heavy atom. The maximum absolute atomic E-state index is 12.2. The highest BCUT2D eigenvalue weighted by Crippen LogP contribution is 2.27. The number of rotatable bonds is 14. The van der Waals surface area contributed by atoms with Crippen LogP contribution in [0.5, 0.6) is 0 Å². The van der Waals surface area contributed by atoms with E-state index in [0.717, 1.165) is 48.6 Å². The van der Waals surface area contributed by atoms with Gasteiger partial charge in [-0.15, -0.1) is 5.11 Å². The van der Waals surface area contributed by atoms with Crippen LogP contribution in [0.1, 0.15) is 41.6 Å². The van der Waals surface area contributed by atoms with Gasteiger partial charge in [0, 0.05) is 69.5 Å². The van der Waals surface area contributed by atoms with Gasteiger partial charge in [-0.1, -0.05) is 18.2 Å². The molecule has 0 aliphatic heterocycles. The number of hydrogen-bond acceptors (Lipinski definition) is 7. The van der Waals surface area contributed by atoms with Crippen LogP contribution < -0.4 is 53.0 Å². The molecule has 9 nitrogen and oxygen atoms in total. The maximum Gasteiger partial charge on any atom is 0.340 e. The van der Waals surface area contributed by atoms with Crippen LogP contribution in [0.4, 0.5) is 22.7 Å². The summed E-state index contributed by atoms with van der Waals surface area (Å²) in [5, 5.41) is 15.0. The molecule has 0 aliphatic rings. The Kier molecular flexibility index (Phi) is 16.1. The number of azo groups is 1. The number of pyridine rings is 2. The molecule has 2 aromatic heterocycles. The van der Waals surface area contributed by atoms with E-state index in [1.165, 1.54) is 20.0 Å². The average Bonchev–Trinajstić information content (AvgIpc) is 3.05. The standard InChI is InChI=1S/C34H41N7O2.2BrH/c1-38(2)31-14-15-33(32(26-31)34(42)43-4)37-36-29-18-24-41(25-19-29)21-11-6-5-10-20-40-22-16-28(17-23-40)27-35-39(3)30-12-8-7-9-13-30;;/h7-9,12-19,22-27H,5-6,10-11,20-21H2,1-4H3;2*1H/q+2;;/p-2. The summed E-state index contributed by atoms with van der Waals surface area (Å²) in [5.74, 6) is -0.437. The quantitative estimate of drug-likeness (QED) is 0.0465. The van der Waals surface area contributed by atoms with Gasteiger partial charge in [-0.3, -0.25) is 5.01 Å². The van der Waals surface area contributed by atoms with E-state index in [2.05, 4.69) is 49.0 Å². The number of benzene rings is 2. The third-order valence-electron chi connectivity index (χ3n) is 7.06. The predicted molar refractivity (Wildman–Crippen MR) is 170 cm³/mol. The summed E-state index contributed by atoms with van der Waals surface area (Å²) in [4.78, 5) is 14.2. The number of methoxy groups -OCH3 is 1. The van der Waals surface area contributed by atoms with E-state index >= 15 is 0 Å². The molecule has 45 heavy (non-hydrogen) atoms. The van der Waals surface area contributed by atoms with Gasteiger partial charge >= 0.3 is 5.97 Å². The number of carbonyl (C=O) groups is 1. The lowest BCUT2D eigenvalue weighted by Crippen LogP contribution is -3.00. The zero-order valence-electron chi connectivity index (χ0n) is 26.3. The normalized spacial score (nSPS) is 10.8. The largest absolute Gasteiger partial charge is 1.00 e. The number of nitrogens with zero attached hydrogens (tertiary/aromatic N) is 7. The zero-order valence-corrected chi connectivity index (χ0v) is 29.4. The number of aromatic nitrogens is 2. The van der Waals surface area contributed by atoms with Gasteiger partial charge in [0.25, 0.3) is 0 Å². The van der Waals surface area contributed by atoms with Crippen molar-refractivity contribution in [3.8, 4) is 0 Å². The van der Waals surface area contributed by atoms with E-state index in [9.17, 15) is 4.79 Å². The molecule has 0 saturated heterocycles. The highest BCUT2D eigenvalue weighted by atomic mass is 79.9. The van der Waals surface area contributed by atoms with E-state index in [1.807, 2.05) is 98.2 Å². The number of aryl methyl sites for hydroxylation is 2. The van der Waals surface area contributed by atoms with Crippen LogP contribution in [0.25, 0.3) is 0 Å². The minimum Gasteiger partial charge on any atom is -1.00 e. The first-order valence-electron chi connectivity index (χ1n) is 14.6. The van der Waals surface area contributed by atoms with E-state index in [1.54, 1.807) is 12.1 Å². The number of para-hydroxylation sites is 1. The lowest BCUT2D eigenvalue weighted by Gasteiger charge is -2.14. The molecule has 0 N–H and O–H groups in total. The third-order valence-corrected chi connectivity index (χ3v) is 7.06. The van der Waals surface area contributed by atoms with Gasteiger partial charge in [0.1, 0.15) is 18.8 Å². The second kappa shape index (κ2) is 19.4. The molecule has 0 fully saturated rings. The highest BCUT2D eigenvalue weighted by Gasteiger charge is 2.14. The van der Waals surface area contributed by atoms with Crippen LogP contribution >= 0.6 is 0 Å². The van der Waals surface area contributed by atoms with Gasteiger partial charge in [-0.05, 0) is 43.2 Å². The molecule has 2 heterocycles. The number of halogens is 2. The van der Waals surface area contributed by atoms with Gasteiger partial charge in [0.15, 0.2) is 24.8 Å². The number of carbonyl (C=O) groups excluding carboxylic acids is 1. The van der Waals surface area contributed by atoms with Crippen molar-refractivity contribution in [2.45, 2.75) is 38.8 Å². The van der Waals surface area contributed by atoms with E-state index in [0.29, 0.717) is 11.3 Å². The number of unbranched alkanes of at least 4 members (excludes halogenated alkanes) is 3. The molecule has 11 heteroatoms. The maximum atomic E-state index is 12.2. The van der Waals surface area contributed by atoms with Crippen molar-refractivity contribution in [1.82, 2.24) is 0 Å². The molecule has 0 atom stereocenters. The molecule has 0 amide bonds. The van der Waals surface area contributed by atoms with Gasteiger partial charge < -0.3 is 43.6 Å². The number of hydrogen-bond donors (Lipinski definition) is 0. The molecule has 4 aromatic rings. The topological polar surface area (TPSA) is 77.6 Å². The molecule has 0 spiro atoms. The Bertz CT molecular complexity index is 1510. The van der Waals surface area contributed by atoms with Gasteiger partial charge in [0.2, 0.25) is 0 Å². The fourth-order valence-electron chi connectivity index (χ4n) is 4.45. The molecule has 0 radical (unpaired) electrons. The van der Waals surface area contributed by atoms with Crippen molar-refractivity contribution in [3.05, 3.63) is 109 Å². The SMILES string of the molecule is COC(=O)c1cc(N(C)C)ccc1N=Nc1cc[n+](CCCCCC[n+]2ccc(/C=N\N(C)c3ccccc3)cc2)cc1.[Br-].[Br-]. The molecule has 0 bridgehead atoms. The van der Waals surface area contributed by atoms with Crippen LogP contribution in [-0.4, -0.2) is 40.4 Å². The molecule has 0 aliphatic carbocycles. The van der Waals surface area contributed by atoms with Crippen molar-refractivity contribution >= 4 is 34.9 Å². The van der Waals surface area contributed by atoms with Crippen LogP contribution in [0.3, 0.4) is 0 Å². The molecule has 2 aromatic carbocycles.